The summed E-state index contributed by atoms with van der Waals surface area (Å²) in [7, 11) is 1.36. The van der Waals surface area contributed by atoms with Crippen LogP contribution in [0, 0.1) is 0 Å². The Kier molecular flexibility index (Phi) is 5.89. The molecule has 0 saturated carbocycles. The van der Waals surface area contributed by atoms with E-state index in [0.717, 1.165) is 11.3 Å². The number of nitrogens with zero attached hydrogens (tertiary/aromatic N) is 2. The van der Waals surface area contributed by atoms with Crippen LogP contribution in [0.5, 0.6) is 0 Å². The maximum atomic E-state index is 12.1. The molecule has 7 nitrogen and oxygen atoms in total. The van der Waals surface area contributed by atoms with Crippen molar-refractivity contribution in [2.75, 3.05) is 38.2 Å². The zero-order valence-electron chi connectivity index (χ0n) is 15.4. The lowest BCUT2D eigenvalue weighted by molar-refractivity contribution is 0.0240. The number of esters is 1. The largest absolute Gasteiger partial charge is 0.465 e. The minimum Gasteiger partial charge on any atom is -0.465 e. The fraction of sp³-hybridized carbons (Fsp3) is 0.556. The van der Waals surface area contributed by atoms with Gasteiger partial charge in [0.2, 0.25) is 0 Å². The van der Waals surface area contributed by atoms with E-state index >= 15 is 0 Å². The molecule has 0 radical (unpaired) electrons. The average molecular weight is 349 g/mol. The van der Waals surface area contributed by atoms with Gasteiger partial charge in [-0.25, -0.2) is 9.59 Å². The predicted molar refractivity (Wildman–Crippen MR) is 95.7 cm³/mol. The van der Waals surface area contributed by atoms with E-state index in [-0.39, 0.29) is 12.1 Å². The highest BCUT2D eigenvalue weighted by atomic mass is 16.6. The van der Waals surface area contributed by atoms with E-state index in [0.29, 0.717) is 38.3 Å². The molecule has 1 aliphatic heterocycles. The first kappa shape index (κ1) is 19.1. The highest BCUT2D eigenvalue weighted by molar-refractivity contribution is 5.90. The van der Waals surface area contributed by atoms with Crippen molar-refractivity contribution in [3.8, 4) is 0 Å². The summed E-state index contributed by atoms with van der Waals surface area (Å²) in [5, 5.41) is 0. The summed E-state index contributed by atoms with van der Waals surface area (Å²) in [6.07, 6.45) is -0.285. The molecule has 0 spiro atoms. The van der Waals surface area contributed by atoms with Crippen molar-refractivity contribution < 1.29 is 19.1 Å². The molecule has 0 aromatic heterocycles. The number of rotatable bonds is 3. The van der Waals surface area contributed by atoms with E-state index in [1.54, 1.807) is 17.0 Å². The Morgan fingerprint density at radius 2 is 1.80 bits per heavy atom. The lowest BCUT2D eigenvalue weighted by Gasteiger charge is -2.37. The van der Waals surface area contributed by atoms with Crippen molar-refractivity contribution in [1.29, 1.82) is 0 Å². The van der Waals surface area contributed by atoms with Crippen LogP contribution in [0.25, 0.3) is 0 Å². The first-order valence-electron chi connectivity index (χ1n) is 8.39. The molecule has 7 heteroatoms. The van der Waals surface area contributed by atoms with Crippen molar-refractivity contribution in [2.24, 2.45) is 5.73 Å². The SMILES string of the molecule is COC(=O)c1ccc(N2CCN(C(=O)OC(C)(C)C)CC2)c(CN)c1. The lowest BCUT2D eigenvalue weighted by atomic mass is 10.1. The molecule has 0 unspecified atom stereocenters. The van der Waals surface area contributed by atoms with Crippen molar-refractivity contribution in [3.05, 3.63) is 29.3 Å². The molecule has 25 heavy (non-hydrogen) atoms. The molecule has 2 rings (SSSR count). The van der Waals surface area contributed by atoms with Gasteiger partial charge in [0.25, 0.3) is 0 Å². The van der Waals surface area contributed by atoms with Crippen LogP contribution in [-0.4, -0.2) is 55.9 Å². The number of methoxy groups -OCH3 is 1. The first-order chi connectivity index (χ1) is 11.7. The monoisotopic (exact) mass is 349 g/mol. The molecule has 1 saturated heterocycles. The van der Waals surface area contributed by atoms with Crippen LogP contribution >= 0.6 is 0 Å². The highest BCUT2D eigenvalue weighted by Crippen LogP contribution is 2.24. The molecular weight excluding hydrogens is 322 g/mol. The fourth-order valence-corrected chi connectivity index (χ4v) is 2.76. The second-order valence-electron chi connectivity index (χ2n) is 6.99. The Morgan fingerprint density at radius 3 is 2.32 bits per heavy atom. The third kappa shape index (κ3) is 4.85. The molecule has 1 amide bonds. The van der Waals surface area contributed by atoms with Crippen LogP contribution < -0.4 is 10.6 Å². The van der Waals surface area contributed by atoms with Crippen molar-refractivity contribution in [3.63, 3.8) is 0 Å². The number of nitrogens with two attached hydrogens (primary N) is 1. The third-order valence-corrected chi connectivity index (χ3v) is 3.99. The van der Waals surface area contributed by atoms with Crippen LogP contribution in [0.15, 0.2) is 18.2 Å². The van der Waals surface area contributed by atoms with Gasteiger partial charge >= 0.3 is 12.1 Å². The summed E-state index contributed by atoms with van der Waals surface area (Å²) in [4.78, 5) is 27.7. The number of piperazine rings is 1. The molecule has 0 aliphatic carbocycles. The topological polar surface area (TPSA) is 85.1 Å². The van der Waals surface area contributed by atoms with Gasteiger partial charge in [-0.3, -0.25) is 0 Å². The number of carbonyl (C=O) groups is 2. The number of hydrogen-bond donors (Lipinski definition) is 1. The van der Waals surface area contributed by atoms with E-state index in [4.69, 9.17) is 15.2 Å². The average Bonchev–Trinajstić information content (AvgIpc) is 2.59. The molecule has 1 fully saturated rings. The molecule has 1 aromatic rings. The van der Waals surface area contributed by atoms with Gasteiger partial charge in [-0.2, -0.15) is 0 Å². The second-order valence-corrected chi connectivity index (χ2v) is 6.99. The van der Waals surface area contributed by atoms with Crippen molar-refractivity contribution in [1.82, 2.24) is 4.90 Å². The maximum Gasteiger partial charge on any atom is 0.410 e. The standard InChI is InChI=1S/C18H27N3O4/c1-18(2,3)25-17(23)21-9-7-20(8-10-21)15-6-5-13(16(22)24-4)11-14(15)12-19/h5-6,11H,7-10,12,19H2,1-4H3. The van der Waals surface area contributed by atoms with Crippen LogP contribution in [0.2, 0.25) is 0 Å². The molecule has 138 valence electrons. The van der Waals surface area contributed by atoms with Crippen LogP contribution in [0.3, 0.4) is 0 Å². The molecule has 1 heterocycles. The third-order valence-electron chi connectivity index (χ3n) is 3.99. The molecule has 0 bridgehead atoms. The van der Waals surface area contributed by atoms with Gasteiger partial charge in [0, 0.05) is 38.4 Å². The van der Waals surface area contributed by atoms with Gasteiger partial charge < -0.3 is 25.0 Å². The number of benzene rings is 1. The van der Waals surface area contributed by atoms with Crippen LogP contribution in [0.4, 0.5) is 10.5 Å². The van der Waals surface area contributed by atoms with E-state index in [1.165, 1.54) is 7.11 Å². The van der Waals surface area contributed by atoms with E-state index in [9.17, 15) is 9.59 Å². The quantitative estimate of drug-likeness (QED) is 0.840. The van der Waals surface area contributed by atoms with Gasteiger partial charge in [-0.05, 0) is 44.5 Å². The summed E-state index contributed by atoms with van der Waals surface area (Å²) >= 11 is 0. The second kappa shape index (κ2) is 7.74. The number of ether oxygens (including phenoxy) is 2. The Bertz CT molecular complexity index is 632. The fourth-order valence-electron chi connectivity index (χ4n) is 2.76. The molecule has 0 atom stereocenters. The Hall–Kier alpha value is -2.28. The Labute approximate surface area is 148 Å². The normalized spacial score (nSPS) is 15.1. The van der Waals surface area contributed by atoms with Gasteiger partial charge in [-0.15, -0.1) is 0 Å². The summed E-state index contributed by atoms with van der Waals surface area (Å²) in [6.45, 7) is 8.43. The van der Waals surface area contributed by atoms with Crippen molar-refractivity contribution in [2.45, 2.75) is 32.9 Å². The van der Waals surface area contributed by atoms with Gasteiger partial charge in [0.15, 0.2) is 0 Å². The number of carbonyl (C=O) groups excluding carboxylic acids is 2. The zero-order valence-corrected chi connectivity index (χ0v) is 15.4. The van der Waals surface area contributed by atoms with Crippen LogP contribution in [-0.2, 0) is 16.0 Å². The van der Waals surface area contributed by atoms with E-state index < -0.39 is 5.60 Å². The minimum atomic E-state index is -0.495. The lowest BCUT2D eigenvalue weighted by Crippen LogP contribution is -2.50. The summed E-state index contributed by atoms with van der Waals surface area (Å²) in [5.41, 5.74) is 7.71. The summed E-state index contributed by atoms with van der Waals surface area (Å²) in [5.74, 6) is -0.379. The van der Waals surface area contributed by atoms with Crippen LogP contribution in [0.1, 0.15) is 36.7 Å². The highest BCUT2D eigenvalue weighted by Gasteiger charge is 2.26. The number of anilines is 1. The smallest absolute Gasteiger partial charge is 0.410 e. The summed E-state index contributed by atoms with van der Waals surface area (Å²) in [6, 6.07) is 5.39. The van der Waals surface area contributed by atoms with E-state index in [2.05, 4.69) is 4.90 Å². The maximum absolute atomic E-state index is 12.1. The Morgan fingerprint density at radius 1 is 1.16 bits per heavy atom. The van der Waals surface area contributed by atoms with E-state index in [1.807, 2.05) is 26.8 Å². The first-order valence-corrected chi connectivity index (χ1v) is 8.39. The molecule has 2 N–H and O–H groups in total. The van der Waals surface area contributed by atoms with Gasteiger partial charge in [0.1, 0.15) is 5.60 Å². The number of amides is 1. The van der Waals surface area contributed by atoms with Gasteiger partial charge in [-0.1, -0.05) is 0 Å². The summed E-state index contributed by atoms with van der Waals surface area (Å²) < 4.78 is 10.2. The zero-order chi connectivity index (χ0) is 18.6. The number of hydrogen-bond acceptors (Lipinski definition) is 6. The molecule has 1 aliphatic rings. The van der Waals surface area contributed by atoms with Crippen molar-refractivity contribution >= 4 is 17.7 Å². The Balaban J connectivity index is 2.05. The predicted octanol–water partition coefficient (Wildman–Crippen LogP) is 1.99. The molecular formula is C18H27N3O4. The minimum absolute atomic E-state index is 0.285. The van der Waals surface area contributed by atoms with Gasteiger partial charge in [0.05, 0.1) is 12.7 Å². The molecule has 1 aromatic carbocycles.